The van der Waals surface area contributed by atoms with Crippen LogP contribution >= 0.6 is 0 Å². The van der Waals surface area contributed by atoms with E-state index in [2.05, 4.69) is 34.5 Å². The topological polar surface area (TPSA) is 24.5 Å². The molecule has 0 atom stereocenters. The normalized spacial score (nSPS) is 15.8. The second-order valence-electron chi connectivity index (χ2n) is 4.58. The Labute approximate surface area is 109 Å². The Morgan fingerprint density at radius 1 is 1.22 bits per heavy atom. The van der Waals surface area contributed by atoms with E-state index in [9.17, 15) is 0 Å². The predicted octanol–water partition coefficient (Wildman–Crippen LogP) is 2.05. The Kier molecular flexibility index (Phi) is 5.24. The lowest BCUT2D eigenvalue weighted by Gasteiger charge is -2.22. The van der Waals surface area contributed by atoms with E-state index in [1.807, 2.05) is 19.2 Å². The number of rotatable bonds is 6. The number of hydrogen-bond donors (Lipinski definition) is 1. The third-order valence-corrected chi connectivity index (χ3v) is 3.12. The molecular formula is C15H22N2O. The number of nitrogens with zero attached hydrogens (tertiary/aromatic N) is 1. The fourth-order valence-corrected chi connectivity index (χ4v) is 2.09. The molecule has 0 bridgehead atoms. The summed E-state index contributed by atoms with van der Waals surface area (Å²) in [7, 11) is 1.96. The molecule has 0 fully saturated rings. The Balaban J connectivity index is 1.71. The van der Waals surface area contributed by atoms with Crippen LogP contribution in [0.1, 0.15) is 12.0 Å². The molecule has 0 unspecified atom stereocenters. The van der Waals surface area contributed by atoms with E-state index in [0.29, 0.717) is 0 Å². The zero-order valence-electron chi connectivity index (χ0n) is 11.1. The van der Waals surface area contributed by atoms with Gasteiger partial charge in [-0.15, -0.1) is 0 Å². The molecule has 0 radical (unpaired) electrons. The molecule has 98 valence electrons. The highest BCUT2D eigenvalue weighted by atomic mass is 16.5. The summed E-state index contributed by atoms with van der Waals surface area (Å²) in [6.07, 6.45) is 5.65. The third kappa shape index (κ3) is 4.17. The molecule has 1 aliphatic rings. The van der Waals surface area contributed by atoms with Gasteiger partial charge in [0.25, 0.3) is 0 Å². The highest BCUT2D eigenvalue weighted by Gasteiger charge is 2.05. The first-order valence-corrected chi connectivity index (χ1v) is 6.62. The molecule has 0 spiro atoms. The SMILES string of the molecule is CNCc1ccc(OCCN2CC=CCC2)cc1. The zero-order chi connectivity index (χ0) is 12.6. The van der Waals surface area contributed by atoms with Crippen LogP contribution in [0.25, 0.3) is 0 Å². The monoisotopic (exact) mass is 246 g/mol. The number of nitrogens with one attached hydrogen (secondary N) is 1. The first kappa shape index (κ1) is 13.1. The lowest BCUT2D eigenvalue weighted by atomic mass is 10.2. The largest absolute Gasteiger partial charge is 0.492 e. The average Bonchev–Trinajstić information content (AvgIpc) is 2.42. The zero-order valence-corrected chi connectivity index (χ0v) is 11.1. The van der Waals surface area contributed by atoms with Crippen LogP contribution in [-0.2, 0) is 6.54 Å². The van der Waals surface area contributed by atoms with Gasteiger partial charge in [0.05, 0.1) is 0 Å². The minimum Gasteiger partial charge on any atom is -0.492 e. The van der Waals surface area contributed by atoms with Gasteiger partial charge in [-0.05, 0) is 31.2 Å². The molecule has 1 heterocycles. The van der Waals surface area contributed by atoms with Crippen molar-refractivity contribution in [2.24, 2.45) is 0 Å². The van der Waals surface area contributed by atoms with Gasteiger partial charge in [-0.2, -0.15) is 0 Å². The molecule has 0 saturated carbocycles. The van der Waals surface area contributed by atoms with Crippen LogP contribution < -0.4 is 10.1 Å². The molecule has 1 aliphatic heterocycles. The predicted molar refractivity (Wildman–Crippen MR) is 74.9 cm³/mol. The lowest BCUT2D eigenvalue weighted by molar-refractivity contribution is 0.221. The average molecular weight is 246 g/mol. The van der Waals surface area contributed by atoms with Gasteiger partial charge in [0, 0.05) is 26.2 Å². The highest BCUT2D eigenvalue weighted by molar-refractivity contribution is 5.27. The van der Waals surface area contributed by atoms with Crippen LogP contribution in [0.2, 0.25) is 0 Å². The molecule has 3 heteroatoms. The molecule has 1 N–H and O–H groups in total. The summed E-state index contributed by atoms with van der Waals surface area (Å²) in [5.74, 6) is 0.961. The van der Waals surface area contributed by atoms with Crippen molar-refractivity contribution in [3.63, 3.8) is 0 Å². The molecule has 0 saturated heterocycles. The quantitative estimate of drug-likeness (QED) is 0.777. The molecule has 0 amide bonds. The van der Waals surface area contributed by atoms with E-state index in [0.717, 1.165) is 38.5 Å². The maximum Gasteiger partial charge on any atom is 0.119 e. The summed E-state index contributed by atoms with van der Waals surface area (Å²) in [6, 6.07) is 8.30. The van der Waals surface area contributed by atoms with Gasteiger partial charge in [-0.25, -0.2) is 0 Å². The molecule has 0 aliphatic carbocycles. The number of ether oxygens (including phenoxy) is 1. The van der Waals surface area contributed by atoms with Crippen molar-refractivity contribution < 1.29 is 4.74 Å². The Morgan fingerprint density at radius 3 is 2.72 bits per heavy atom. The second kappa shape index (κ2) is 7.19. The van der Waals surface area contributed by atoms with Crippen LogP contribution in [0.4, 0.5) is 0 Å². The van der Waals surface area contributed by atoms with Crippen LogP contribution in [0, 0.1) is 0 Å². The summed E-state index contributed by atoms with van der Waals surface area (Å²) in [6.45, 7) is 4.88. The number of benzene rings is 1. The fourth-order valence-electron chi connectivity index (χ4n) is 2.09. The van der Waals surface area contributed by atoms with Crippen LogP contribution in [-0.4, -0.2) is 38.2 Å². The van der Waals surface area contributed by atoms with Gasteiger partial charge in [-0.1, -0.05) is 24.3 Å². The molecule has 3 nitrogen and oxygen atoms in total. The lowest BCUT2D eigenvalue weighted by Crippen LogP contribution is -2.31. The molecule has 1 aromatic rings. The third-order valence-electron chi connectivity index (χ3n) is 3.12. The van der Waals surface area contributed by atoms with Crippen LogP contribution in [0.5, 0.6) is 5.75 Å². The fraction of sp³-hybridized carbons (Fsp3) is 0.467. The smallest absolute Gasteiger partial charge is 0.119 e. The van der Waals surface area contributed by atoms with Crippen molar-refractivity contribution >= 4 is 0 Å². The molecule has 0 aromatic heterocycles. The van der Waals surface area contributed by atoms with Crippen molar-refractivity contribution in [1.82, 2.24) is 10.2 Å². The van der Waals surface area contributed by atoms with Gasteiger partial charge in [0.1, 0.15) is 12.4 Å². The first-order chi connectivity index (χ1) is 8.88. The van der Waals surface area contributed by atoms with Crippen LogP contribution in [0.3, 0.4) is 0 Å². The van der Waals surface area contributed by atoms with E-state index in [-0.39, 0.29) is 0 Å². The van der Waals surface area contributed by atoms with Crippen molar-refractivity contribution in [1.29, 1.82) is 0 Å². The van der Waals surface area contributed by atoms with Gasteiger partial charge in [0.15, 0.2) is 0 Å². The van der Waals surface area contributed by atoms with E-state index in [1.54, 1.807) is 0 Å². The van der Waals surface area contributed by atoms with E-state index >= 15 is 0 Å². The maximum absolute atomic E-state index is 5.76. The van der Waals surface area contributed by atoms with Gasteiger partial charge in [-0.3, -0.25) is 4.90 Å². The minimum atomic E-state index is 0.763. The van der Waals surface area contributed by atoms with Crippen molar-refractivity contribution in [3.8, 4) is 5.75 Å². The summed E-state index contributed by atoms with van der Waals surface area (Å²) in [4.78, 5) is 2.41. The maximum atomic E-state index is 5.76. The van der Waals surface area contributed by atoms with Gasteiger partial charge in [0.2, 0.25) is 0 Å². The molecule has 1 aromatic carbocycles. The number of hydrogen-bond acceptors (Lipinski definition) is 3. The van der Waals surface area contributed by atoms with Crippen molar-refractivity contribution in [2.45, 2.75) is 13.0 Å². The van der Waals surface area contributed by atoms with E-state index in [4.69, 9.17) is 4.74 Å². The Morgan fingerprint density at radius 2 is 2.06 bits per heavy atom. The van der Waals surface area contributed by atoms with Crippen molar-refractivity contribution in [3.05, 3.63) is 42.0 Å². The van der Waals surface area contributed by atoms with Crippen LogP contribution in [0.15, 0.2) is 36.4 Å². The van der Waals surface area contributed by atoms with Gasteiger partial charge < -0.3 is 10.1 Å². The van der Waals surface area contributed by atoms with Crippen molar-refractivity contribution in [2.75, 3.05) is 33.3 Å². The van der Waals surface area contributed by atoms with Gasteiger partial charge >= 0.3 is 0 Å². The summed E-state index contributed by atoms with van der Waals surface area (Å²) in [5.41, 5.74) is 1.28. The Bertz CT molecular complexity index is 373. The minimum absolute atomic E-state index is 0.763. The highest BCUT2D eigenvalue weighted by Crippen LogP contribution is 2.12. The van der Waals surface area contributed by atoms with E-state index < -0.39 is 0 Å². The Hall–Kier alpha value is -1.32. The summed E-state index contributed by atoms with van der Waals surface area (Å²) < 4.78 is 5.76. The summed E-state index contributed by atoms with van der Waals surface area (Å²) >= 11 is 0. The molecule has 18 heavy (non-hydrogen) atoms. The first-order valence-electron chi connectivity index (χ1n) is 6.62. The standard InChI is InChI=1S/C15H22N2O/c1-16-13-14-5-7-15(8-6-14)18-12-11-17-9-3-2-4-10-17/h2-3,5-8,16H,4,9-13H2,1H3. The van der Waals surface area contributed by atoms with E-state index in [1.165, 1.54) is 12.0 Å². The molecule has 2 rings (SSSR count). The molecular weight excluding hydrogens is 224 g/mol. The second-order valence-corrected chi connectivity index (χ2v) is 4.58. The summed E-state index contributed by atoms with van der Waals surface area (Å²) in [5, 5.41) is 3.14.